The molecule has 1 N–H and O–H groups in total. The quantitative estimate of drug-likeness (QED) is 0.519. The third-order valence-electron chi connectivity index (χ3n) is 4.69. The van der Waals surface area contributed by atoms with Gasteiger partial charge in [0.15, 0.2) is 11.0 Å². The van der Waals surface area contributed by atoms with Crippen molar-refractivity contribution in [2.24, 2.45) is 0 Å². The molecule has 0 atom stereocenters. The Balaban J connectivity index is 1.70. The molecule has 1 amide bonds. The minimum Gasteiger partial charge on any atom is -0.325 e. The zero-order valence-corrected chi connectivity index (χ0v) is 18.6. The Morgan fingerprint density at radius 2 is 2.07 bits per heavy atom. The lowest BCUT2D eigenvalue weighted by atomic mass is 10.1. The first-order valence-corrected chi connectivity index (χ1v) is 11.3. The molecule has 2 heterocycles. The smallest absolute Gasteiger partial charge is 0.234 e. The number of aryl methyl sites for hydroxylation is 1. The van der Waals surface area contributed by atoms with Crippen molar-refractivity contribution in [2.45, 2.75) is 52.2 Å². The number of amides is 1. The van der Waals surface area contributed by atoms with Gasteiger partial charge in [-0.2, -0.15) is 0 Å². The lowest BCUT2D eigenvalue weighted by molar-refractivity contribution is -0.113. The summed E-state index contributed by atoms with van der Waals surface area (Å²) in [6.45, 7) is 11.3. The van der Waals surface area contributed by atoms with Crippen molar-refractivity contribution >= 4 is 34.7 Å². The summed E-state index contributed by atoms with van der Waals surface area (Å²) in [6.07, 6.45) is 0. The molecule has 3 aromatic rings. The van der Waals surface area contributed by atoms with E-state index in [1.54, 1.807) is 11.3 Å². The summed E-state index contributed by atoms with van der Waals surface area (Å²) in [5.41, 5.74) is 4.22. The van der Waals surface area contributed by atoms with Crippen LogP contribution in [0.5, 0.6) is 0 Å². The molecule has 3 rings (SSSR count). The predicted molar refractivity (Wildman–Crippen MR) is 118 cm³/mol. The summed E-state index contributed by atoms with van der Waals surface area (Å²) < 4.78 is 2.07. The van der Waals surface area contributed by atoms with Crippen LogP contribution in [0.2, 0.25) is 0 Å². The number of nitrogens with one attached hydrogen (secondary N) is 1. The maximum atomic E-state index is 12.4. The van der Waals surface area contributed by atoms with Gasteiger partial charge in [0, 0.05) is 28.1 Å². The third kappa shape index (κ3) is 4.47. The van der Waals surface area contributed by atoms with Gasteiger partial charge in [0.1, 0.15) is 0 Å². The van der Waals surface area contributed by atoms with Gasteiger partial charge in [-0.15, -0.1) is 21.5 Å². The standard InChI is InChI=1S/C21H26N4OS2/c1-6-25-20(16-10-18(13(2)3)27-11-16)23-24-21(25)28-12-19(26)22-17-9-7-8-14(4)15(17)5/h7-11,13H,6,12H2,1-5H3,(H,22,26). The molecule has 1 aromatic carbocycles. The highest BCUT2D eigenvalue weighted by atomic mass is 32.2. The van der Waals surface area contributed by atoms with Gasteiger partial charge in [-0.3, -0.25) is 4.79 Å². The molecular formula is C21H26N4OS2. The highest BCUT2D eigenvalue weighted by molar-refractivity contribution is 7.99. The van der Waals surface area contributed by atoms with Crippen molar-refractivity contribution in [1.29, 1.82) is 0 Å². The fraction of sp³-hybridized carbons (Fsp3) is 0.381. The van der Waals surface area contributed by atoms with E-state index in [9.17, 15) is 4.79 Å². The molecule has 0 fully saturated rings. The zero-order chi connectivity index (χ0) is 20.3. The molecule has 0 unspecified atom stereocenters. The molecule has 0 radical (unpaired) electrons. The second-order valence-electron chi connectivity index (χ2n) is 7.03. The Hall–Kier alpha value is -2.12. The Bertz CT molecular complexity index is 975. The highest BCUT2D eigenvalue weighted by Gasteiger charge is 2.17. The molecule has 0 aliphatic carbocycles. The van der Waals surface area contributed by atoms with E-state index in [2.05, 4.69) is 52.3 Å². The van der Waals surface area contributed by atoms with Crippen LogP contribution in [0.15, 0.2) is 34.8 Å². The molecule has 28 heavy (non-hydrogen) atoms. The van der Waals surface area contributed by atoms with E-state index in [0.29, 0.717) is 11.7 Å². The molecule has 2 aromatic heterocycles. The number of anilines is 1. The van der Waals surface area contributed by atoms with E-state index in [1.165, 1.54) is 16.6 Å². The van der Waals surface area contributed by atoms with Gasteiger partial charge >= 0.3 is 0 Å². The number of benzene rings is 1. The highest BCUT2D eigenvalue weighted by Crippen LogP contribution is 2.31. The maximum Gasteiger partial charge on any atom is 0.234 e. The molecular weight excluding hydrogens is 388 g/mol. The van der Waals surface area contributed by atoms with Crippen LogP contribution in [-0.2, 0) is 11.3 Å². The Morgan fingerprint density at radius 3 is 2.75 bits per heavy atom. The number of carbonyl (C=O) groups excluding carboxylic acids is 1. The summed E-state index contributed by atoms with van der Waals surface area (Å²) in [5.74, 6) is 1.62. The second kappa shape index (κ2) is 8.92. The van der Waals surface area contributed by atoms with E-state index in [0.717, 1.165) is 39.9 Å². The number of thiophene rings is 1. The number of hydrogen-bond donors (Lipinski definition) is 1. The predicted octanol–water partition coefficient (Wildman–Crippen LogP) is 5.50. The van der Waals surface area contributed by atoms with Crippen molar-refractivity contribution in [3.8, 4) is 11.4 Å². The van der Waals surface area contributed by atoms with Gasteiger partial charge in [-0.1, -0.05) is 37.7 Å². The summed E-state index contributed by atoms with van der Waals surface area (Å²) in [4.78, 5) is 13.8. The third-order valence-corrected chi connectivity index (χ3v) is 6.89. The molecule has 148 valence electrons. The van der Waals surface area contributed by atoms with E-state index in [4.69, 9.17) is 0 Å². The molecule has 0 aliphatic rings. The van der Waals surface area contributed by atoms with Crippen LogP contribution in [0.25, 0.3) is 11.4 Å². The normalized spacial score (nSPS) is 11.2. The van der Waals surface area contributed by atoms with Crippen LogP contribution in [0.4, 0.5) is 5.69 Å². The van der Waals surface area contributed by atoms with Gasteiger partial charge in [-0.05, 0) is 49.9 Å². The summed E-state index contributed by atoms with van der Waals surface area (Å²) >= 11 is 3.17. The number of nitrogens with zero attached hydrogens (tertiary/aromatic N) is 3. The van der Waals surface area contributed by atoms with Crippen molar-refractivity contribution in [3.63, 3.8) is 0 Å². The number of rotatable bonds is 7. The summed E-state index contributed by atoms with van der Waals surface area (Å²) in [5, 5.41) is 14.6. The second-order valence-corrected chi connectivity index (χ2v) is 8.91. The topological polar surface area (TPSA) is 59.8 Å². The maximum absolute atomic E-state index is 12.4. The van der Waals surface area contributed by atoms with Gasteiger partial charge in [0.2, 0.25) is 5.91 Å². The van der Waals surface area contributed by atoms with Gasteiger partial charge in [0.25, 0.3) is 0 Å². The van der Waals surface area contributed by atoms with Crippen molar-refractivity contribution in [1.82, 2.24) is 14.8 Å². The molecule has 5 nitrogen and oxygen atoms in total. The monoisotopic (exact) mass is 414 g/mol. The first kappa shape index (κ1) is 20.6. The van der Waals surface area contributed by atoms with E-state index in [-0.39, 0.29) is 5.91 Å². The van der Waals surface area contributed by atoms with E-state index < -0.39 is 0 Å². The van der Waals surface area contributed by atoms with Gasteiger partial charge in [-0.25, -0.2) is 0 Å². The first-order valence-electron chi connectivity index (χ1n) is 9.41. The van der Waals surface area contributed by atoms with Gasteiger partial charge in [0.05, 0.1) is 5.75 Å². The van der Waals surface area contributed by atoms with Crippen LogP contribution in [0, 0.1) is 13.8 Å². The van der Waals surface area contributed by atoms with E-state index in [1.807, 2.05) is 32.0 Å². The van der Waals surface area contributed by atoms with Crippen LogP contribution in [0.3, 0.4) is 0 Å². The first-order chi connectivity index (χ1) is 13.4. The zero-order valence-electron chi connectivity index (χ0n) is 16.9. The lowest BCUT2D eigenvalue weighted by Crippen LogP contribution is -2.15. The Kier molecular flexibility index (Phi) is 6.57. The van der Waals surface area contributed by atoms with Gasteiger partial charge < -0.3 is 9.88 Å². The average molecular weight is 415 g/mol. The lowest BCUT2D eigenvalue weighted by Gasteiger charge is -2.10. The SMILES string of the molecule is CCn1c(SCC(=O)Nc2cccc(C)c2C)nnc1-c1csc(C(C)C)c1. The Labute approximate surface area is 174 Å². The van der Waals surface area contributed by atoms with Crippen LogP contribution in [0.1, 0.15) is 42.7 Å². The molecule has 7 heteroatoms. The number of thioether (sulfide) groups is 1. The summed E-state index contributed by atoms with van der Waals surface area (Å²) in [6, 6.07) is 8.12. The minimum atomic E-state index is -0.0384. The molecule has 0 bridgehead atoms. The molecule has 0 spiro atoms. The van der Waals surface area contributed by atoms with Crippen molar-refractivity contribution in [2.75, 3.05) is 11.1 Å². The van der Waals surface area contributed by atoms with Crippen LogP contribution >= 0.6 is 23.1 Å². The van der Waals surface area contributed by atoms with Crippen molar-refractivity contribution < 1.29 is 4.79 Å². The number of carbonyl (C=O) groups is 1. The minimum absolute atomic E-state index is 0.0384. The van der Waals surface area contributed by atoms with Crippen LogP contribution in [-0.4, -0.2) is 26.4 Å². The average Bonchev–Trinajstić information content (AvgIpc) is 3.30. The van der Waals surface area contributed by atoms with Crippen molar-refractivity contribution in [3.05, 3.63) is 45.6 Å². The molecule has 0 aliphatic heterocycles. The van der Waals surface area contributed by atoms with E-state index >= 15 is 0 Å². The molecule has 0 saturated carbocycles. The Morgan fingerprint density at radius 1 is 1.29 bits per heavy atom. The summed E-state index contributed by atoms with van der Waals surface area (Å²) in [7, 11) is 0. The number of aromatic nitrogens is 3. The fourth-order valence-electron chi connectivity index (χ4n) is 2.87. The largest absolute Gasteiger partial charge is 0.325 e. The van der Waals surface area contributed by atoms with Crippen LogP contribution < -0.4 is 5.32 Å². The fourth-order valence-corrected chi connectivity index (χ4v) is 4.58. The molecule has 0 saturated heterocycles. The number of hydrogen-bond acceptors (Lipinski definition) is 5.